The molecule has 2 aromatic heterocycles. The molecule has 0 fully saturated rings. The predicted molar refractivity (Wildman–Crippen MR) is 96.6 cm³/mol. The minimum absolute atomic E-state index is 0.0538. The zero-order valence-corrected chi connectivity index (χ0v) is 15.9. The molecule has 2 aromatic rings. The normalized spacial score (nSPS) is 10.6. The molecule has 0 saturated heterocycles. The van der Waals surface area contributed by atoms with E-state index in [1.165, 1.54) is 12.3 Å². The quantitative estimate of drug-likeness (QED) is 0.545. The van der Waals surface area contributed by atoms with E-state index in [-0.39, 0.29) is 32.1 Å². The molecule has 152 valence electrons. The molecule has 2 heterocycles. The van der Waals surface area contributed by atoms with Crippen LogP contribution >= 0.6 is 34.8 Å². The van der Waals surface area contributed by atoms with Crippen LogP contribution in [0.15, 0.2) is 24.5 Å². The maximum absolute atomic E-state index is 11.9. The van der Waals surface area contributed by atoms with Gasteiger partial charge >= 0.3 is 18.1 Å². The molecular weight excluding hydrogens is 450 g/mol. The first-order chi connectivity index (χ1) is 12.9. The lowest BCUT2D eigenvalue weighted by Crippen LogP contribution is -2.16. The summed E-state index contributed by atoms with van der Waals surface area (Å²) in [5.74, 6) is -2.58. The molecule has 2 rings (SSSR count). The Labute approximate surface area is 171 Å². The van der Waals surface area contributed by atoms with Crippen molar-refractivity contribution in [2.24, 2.45) is 0 Å². The molecule has 0 bridgehead atoms. The molecule has 0 unspecified atom stereocenters. The van der Waals surface area contributed by atoms with Crippen molar-refractivity contribution < 1.29 is 33.0 Å². The van der Waals surface area contributed by atoms with Gasteiger partial charge in [0.1, 0.15) is 16.5 Å². The summed E-state index contributed by atoms with van der Waals surface area (Å²) < 4.78 is 35.7. The Morgan fingerprint density at radius 1 is 0.964 bits per heavy atom. The van der Waals surface area contributed by atoms with Crippen molar-refractivity contribution in [3.8, 4) is 0 Å². The summed E-state index contributed by atoms with van der Waals surface area (Å²) in [5, 5.41) is 19.9. The Kier molecular flexibility index (Phi) is 8.73. The Balaban J connectivity index is 0.000000307. The van der Waals surface area contributed by atoms with Crippen LogP contribution in [0.4, 0.5) is 19.0 Å². The van der Waals surface area contributed by atoms with Crippen molar-refractivity contribution in [2.75, 3.05) is 11.9 Å². The number of nitrogens with zero attached hydrogens (tertiary/aromatic N) is 2. The Morgan fingerprint density at radius 2 is 1.46 bits per heavy atom. The summed E-state index contributed by atoms with van der Waals surface area (Å²) in [5.41, 5.74) is -0.348. The SMILES string of the molecule is O=C(O)c1cc(Cl)cnc1Cl.O=C(O)c1cc(Cl)cnc1NCCC(F)(F)F. The first-order valence-corrected chi connectivity index (χ1v) is 8.28. The number of carboxylic acid groups (broad SMARTS) is 2. The highest BCUT2D eigenvalue weighted by atomic mass is 35.5. The highest BCUT2D eigenvalue weighted by molar-refractivity contribution is 6.34. The fourth-order valence-electron chi connectivity index (χ4n) is 1.64. The van der Waals surface area contributed by atoms with Gasteiger partial charge in [-0.15, -0.1) is 0 Å². The second-order valence-electron chi connectivity index (χ2n) is 4.94. The number of hydrogen-bond donors (Lipinski definition) is 3. The minimum atomic E-state index is -4.30. The fourth-order valence-corrected chi connectivity index (χ4v) is 2.14. The summed E-state index contributed by atoms with van der Waals surface area (Å²) in [7, 11) is 0. The standard InChI is InChI=1S/C9H8ClF3N2O2.C6H3Cl2NO2/c10-5-3-6(8(16)17)7(15-4-5)14-2-1-9(11,12)13;7-3-1-4(6(10)11)5(8)9-2-3/h3-4H,1-2H2,(H,14,15)(H,16,17);1-2H,(H,10,11). The number of rotatable bonds is 5. The second kappa shape index (κ2) is 10.3. The third-order valence-corrected chi connectivity index (χ3v) is 3.54. The fraction of sp³-hybridized carbons (Fsp3) is 0.200. The zero-order chi connectivity index (χ0) is 21.5. The van der Waals surface area contributed by atoms with Crippen LogP contribution in [0.5, 0.6) is 0 Å². The molecule has 0 atom stereocenters. The summed E-state index contributed by atoms with van der Waals surface area (Å²) in [6.45, 7) is -0.446. The molecule has 0 saturated carbocycles. The van der Waals surface area contributed by atoms with Crippen LogP contribution < -0.4 is 5.32 Å². The van der Waals surface area contributed by atoms with Gasteiger partial charge in [-0.25, -0.2) is 19.6 Å². The second-order valence-corrected chi connectivity index (χ2v) is 6.17. The molecule has 0 aromatic carbocycles. The summed E-state index contributed by atoms with van der Waals surface area (Å²) in [6, 6.07) is 2.37. The van der Waals surface area contributed by atoms with E-state index in [1.807, 2.05) is 0 Å². The van der Waals surface area contributed by atoms with E-state index in [0.29, 0.717) is 0 Å². The molecule has 28 heavy (non-hydrogen) atoms. The third kappa shape index (κ3) is 8.15. The number of alkyl halides is 3. The van der Waals surface area contributed by atoms with E-state index >= 15 is 0 Å². The van der Waals surface area contributed by atoms with Crippen LogP contribution in [-0.4, -0.2) is 44.8 Å². The lowest BCUT2D eigenvalue weighted by atomic mass is 10.2. The highest BCUT2D eigenvalue weighted by Gasteiger charge is 2.26. The maximum atomic E-state index is 11.9. The third-order valence-electron chi connectivity index (χ3n) is 2.82. The van der Waals surface area contributed by atoms with E-state index < -0.39 is 31.1 Å². The Morgan fingerprint density at radius 3 is 1.93 bits per heavy atom. The highest BCUT2D eigenvalue weighted by Crippen LogP contribution is 2.21. The topological polar surface area (TPSA) is 112 Å². The van der Waals surface area contributed by atoms with Crippen molar-refractivity contribution in [3.05, 3.63) is 50.9 Å². The average molecular weight is 461 g/mol. The van der Waals surface area contributed by atoms with Gasteiger partial charge in [-0.2, -0.15) is 13.2 Å². The molecule has 7 nitrogen and oxygen atoms in total. The van der Waals surface area contributed by atoms with Crippen LogP contribution in [0.3, 0.4) is 0 Å². The van der Waals surface area contributed by atoms with Crippen molar-refractivity contribution in [3.63, 3.8) is 0 Å². The van der Waals surface area contributed by atoms with Crippen molar-refractivity contribution in [1.82, 2.24) is 9.97 Å². The van der Waals surface area contributed by atoms with E-state index in [1.54, 1.807) is 0 Å². The lowest BCUT2D eigenvalue weighted by Gasteiger charge is -2.10. The van der Waals surface area contributed by atoms with Gasteiger partial charge in [-0.1, -0.05) is 34.8 Å². The Hall–Kier alpha value is -2.30. The molecule has 3 N–H and O–H groups in total. The molecular formula is C15H11Cl3F3N3O4. The Bertz CT molecular complexity index is 866. The number of aromatic nitrogens is 2. The maximum Gasteiger partial charge on any atom is 0.390 e. The number of nitrogens with one attached hydrogen (secondary N) is 1. The molecule has 0 spiro atoms. The number of carboxylic acids is 2. The van der Waals surface area contributed by atoms with Gasteiger partial charge in [0.2, 0.25) is 0 Å². The van der Waals surface area contributed by atoms with Crippen LogP contribution in [0, 0.1) is 0 Å². The van der Waals surface area contributed by atoms with Crippen LogP contribution in [0.2, 0.25) is 15.2 Å². The van der Waals surface area contributed by atoms with E-state index in [2.05, 4.69) is 15.3 Å². The van der Waals surface area contributed by atoms with Gasteiger partial charge in [0.25, 0.3) is 0 Å². The molecule has 0 radical (unpaired) electrons. The van der Waals surface area contributed by atoms with Crippen molar-refractivity contribution in [1.29, 1.82) is 0 Å². The first kappa shape index (κ1) is 23.7. The number of aromatic carboxylic acids is 2. The average Bonchev–Trinajstić information content (AvgIpc) is 2.57. The predicted octanol–water partition coefficient (Wildman–Crippen LogP) is 4.88. The van der Waals surface area contributed by atoms with E-state index in [9.17, 15) is 22.8 Å². The van der Waals surface area contributed by atoms with Gasteiger partial charge in [0.05, 0.1) is 22.0 Å². The van der Waals surface area contributed by atoms with Gasteiger partial charge in [-0.05, 0) is 12.1 Å². The van der Waals surface area contributed by atoms with Gasteiger partial charge in [0, 0.05) is 18.9 Å². The molecule has 0 aliphatic carbocycles. The molecule has 13 heteroatoms. The lowest BCUT2D eigenvalue weighted by molar-refractivity contribution is -0.131. The van der Waals surface area contributed by atoms with Gasteiger partial charge in [0.15, 0.2) is 0 Å². The van der Waals surface area contributed by atoms with Crippen LogP contribution in [-0.2, 0) is 0 Å². The zero-order valence-electron chi connectivity index (χ0n) is 13.6. The summed E-state index contributed by atoms with van der Waals surface area (Å²) in [4.78, 5) is 28.3. The van der Waals surface area contributed by atoms with Gasteiger partial charge < -0.3 is 15.5 Å². The number of halogens is 6. The molecule has 0 aliphatic heterocycles. The van der Waals surface area contributed by atoms with Crippen LogP contribution in [0.25, 0.3) is 0 Å². The van der Waals surface area contributed by atoms with Crippen molar-refractivity contribution >= 4 is 52.6 Å². The van der Waals surface area contributed by atoms with Crippen molar-refractivity contribution in [2.45, 2.75) is 12.6 Å². The number of carbonyl (C=O) groups is 2. The van der Waals surface area contributed by atoms with E-state index in [0.717, 1.165) is 12.3 Å². The monoisotopic (exact) mass is 459 g/mol. The summed E-state index contributed by atoms with van der Waals surface area (Å²) in [6.07, 6.45) is -2.93. The van der Waals surface area contributed by atoms with E-state index in [4.69, 9.17) is 45.0 Å². The molecule has 0 amide bonds. The number of pyridine rings is 2. The minimum Gasteiger partial charge on any atom is -0.478 e. The number of anilines is 1. The number of hydrogen-bond acceptors (Lipinski definition) is 5. The van der Waals surface area contributed by atoms with Gasteiger partial charge in [-0.3, -0.25) is 0 Å². The largest absolute Gasteiger partial charge is 0.478 e. The van der Waals surface area contributed by atoms with Crippen LogP contribution in [0.1, 0.15) is 27.1 Å². The smallest absolute Gasteiger partial charge is 0.390 e. The molecule has 0 aliphatic rings. The first-order valence-electron chi connectivity index (χ1n) is 7.14. The summed E-state index contributed by atoms with van der Waals surface area (Å²) >= 11 is 16.5.